The van der Waals surface area contributed by atoms with Crippen molar-refractivity contribution in [3.05, 3.63) is 28.8 Å². The fraction of sp³-hybridized carbons (Fsp3) is 0.562. The largest absolute Gasteiger partial charge is 0.324 e. The third-order valence-corrected chi connectivity index (χ3v) is 4.53. The summed E-state index contributed by atoms with van der Waals surface area (Å²) < 4.78 is 0. The van der Waals surface area contributed by atoms with Gasteiger partial charge in [-0.05, 0) is 64.5 Å². The number of piperidine rings is 1. The van der Waals surface area contributed by atoms with Crippen LogP contribution in [0.5, 0.6) is 0 Å². The first-order chi connectivity index (χ1) is 9.97. The Morgan fingerprint density at radius 3 is 2.71 bits per heavy atom. The van der Waals surface area contributed by atoms with E-state index in [1.165, 1.54) is 0 Å². The van der Waals surface area contributed by atoms with Gasteiger partial charge in [0, 0.05) is 16.8 Å². The zero-order valence-corrected chi connectivity index (χ0v) is 13.7. The lowest BCUT2D eigenvalue weighted by molar-refractivity contribution is -0.118. The topological polar surface area (TPSA) is 44.4 Å². The molecule has 2 N–H and O–H groups in total. The number of benzene rings is 1. The summed E-state index contributed by atoms with van der Waals surface area (Å²) >= 11 is 6.07. The Labute approximate surface area is 131 Å². The van der Waals surface area contributed by atoms with Crippen molar-refractivity contribution in [3.8, 4) is 0 Å². The molecule has 2 rings (SSSR count). The van der Waals surface area contributed by atoms with Crippen LogP contribution in [0.4, 0.5) is 5.69 Å². The normalized spacial score (nSPS) is 18.5. The molecule has 0 radical (unpaired) electrons. The summed E-state index contributed by atoms with van der Waals surface area (Å²) in [5.41, 5.74) is 1.68. The van der Waals surface area contributed by atoms with Gasteiger partial charge in [0.15, 0.2) is 0 Å². The predicted octanol–water partition coefficient (Wildman–Crippen LogP) is 2.66. The zero-order valence-electron chi connectivity index (χ0n) is 12.9. The molecule has 0 bridgehead atoms. The number of nitrogens with zero attached hydrogens (tertiary/aromatic N) is 1. The lowest BCUT2D eigenvalue weighted by Gasteiger charge is -2.31. The first-order valence-corrected chi connectivity index (χ1v) is 7.85. The summed E-state index contributed by atoms with van der Waals surface area (Å²) in [6.45, 7) is 5.99. The fourth-order valence-corrected chi connectivity index (χ4v) is 2.76. The number of hydrogen-bond acceptors (Lipinski definition) is 3. The number of nitrogens with one attached hydrogen (secondary N) is 2. The van der Waals surface area contributed by atoms with Crippen molar-refractivity contribution in [2.24, 2.45) is 0 Å². The molecule has 1 fully saturated rings. The molecule has 0 aliphatic carbocycles. The molecule has 1 saturated heterocycles. The average molecular weight is 310 g/mol. The molecule has 1 aromatic carbocycles. The highest BCUT2D eigenvalue weighted by atomic mass is 35.5. The molecule has 0 aromatic heterocycles. The fourth-order valence-electron chi connectivity index (χ4n) is 2.59. The minimum atomic E-state index is -0.211. The maximum Gasteiger partial charge on any atom is 0.241 e. The van der Waals surface area contributed by atoms with E-state index in [4.69, 9.17) is 11.6 Å². The molecule has 1 amide bonds. The van der Waals surface area contributed by atoms with Crippen LogP contribution in [0.1, 0.15) is 25.3 Å². The van der Waals surface area contributed by atoms with E-state index in [2.05, 4.69) is 22.6 Å². The molecule has 4 nitrogen and oxygen atoms in total. The van der Waals surface area contributed by atoms with Crippen molar-refractivity contribution < 1.29 is 4.79 Å². The molecule has 1 aliphatic heterocycles. The van der Waals surface area contributed by atoms with E-state index >= 15 is 0 Å². The van der Waals surface area contributed by atoms with E-state index in [1.54, 1.807) is 0 Å². The van der Waals surface area contributed by atoms with Gasteiger partial charge in [-0.1, -0.05) is 17.7 Å². The highest BCUT2D eigenvalue weighted by molar-refractivity contribution is 6.31. The number of carbonyl (C=O) groups is 1. The molecular formula is C16H24ClN3O. The number of rotatable bonds is 4. The number of carbonyl (C=O) groups excluding carboxylic acids is 1. The Morgan fingerprint density at radius 1 is 1.38 bits per heavy atom. The number of halogens is 1. The van der Waals surface area contributed by atoms with Crippen molar-refractivity contribution in [3.63, 3.8) is 0 Å². The van der Waals surface area contributed by atoms with Crippen LogP contribution in [0.25, 0.3) is 0 Å². The first kappa shape index (κ1) is 16.3. The standard InChI is InChI=1S/C16H24ClN3O/c1-11-14(17)5-4-6-15(11)19-16(21)12(2)18-13-7-9-20(3)10-8-13/h4-6,12-13,18H,7-10H2,1-3H3,(H,19,21). The van der Waals surface area contributed by atoms with Crippen LogP contribution in [-0.4, -0.2) is 43.0 Å². The summed E-state index contributed by atoms with van der Waals surface area (Å²) in [4.78, 5) is 14.6. The van der Waals surface area contributed by atoms with Gasteiger partial charge in [-0.2, -0.15) is 0 Å². The van der Waals surface area contributed by atoms with Gasteiger partial charge >= 0.3 is 0 Å². The van der Waals surface area contributed by atoms with Gasteiger partial charge in [0.1, 0.15) is 0 Å². The summed E-state index contributed by atoms with van der Waals surface area (Å²) in [6, 6.07) is 5.76. The quantitative estimate of drug-likeness (QED) is 0.899. The minimum absolute atomic E-state index is 0.0145. The number of amides is 1. The Morgan fingerprint density at radius 2 is 2.05 bits per heavy atom. The van der Waals surface area contributed by atoms with Crippen LogP contribution in [0.15, 0.2) is 18.2 Å². The lowest BCUT2D eigenvalue weighted by atomic mass is 10.0. The monoisotopic (exact) mass is 309 g/mol. The second-order valence-electron chi connectivity index (χ2n) is 5.87. The van der Waals surface area contributed by atoms with Crippen molar-refractivity contribution in [1.29, 1.82) is 0 Å². The van der Waals surface area contributed by atoms with Crippen LogP contribution in [0.3, 0.4) is 0 Å². The molecular weight excluding hydrogens is 286 g/mol. The van der Waals surface area contributed by atoms with Crippen LogP contribution in [0, 0.1) is 6.92 Å². The van der Waals surface area contributed by atoms with E-state index in [1.807, 2.05) is 32.0 Å². The molecule has 1 aromatic rings. The van der Waals surface area contributed by atoms with E-state index in [0.717, 1.165) is 37.2 Å². The zero-order chi connectivity index (χ0) is 15.4. The predicted molar refractivity (Wildman–Crippen MR) is 87.9 cm³/mol. The molecule has 21 heavy (non-hydrogen) atoms. The molecule has 1 aliphatic rings. The molecule has 1 unspecified atom stereocenters. The summed E-state index contributed by atoms with van der Waals surface area (Å²) in [7, 11) is 2.13. The average Bonchev–Trinajstić information content (AvgIpc) is 2.46. The van der Waals surface area contributed by atoms with Gasteiger partial charge in [0.25, 0.3) is 0 Å². The van der Waals surface area contributed by atoms with Crippen LogP contribution < -0.4 is 10.6 Å². The maximum absolute atomic E-state index is 12.3. The van der Waals surface area contributed by atoms with Gasteiger partial charge in [0.05, 0.1) is 6.04 Å². The highest BCUT2D eigenvalue weighted by Gasteiger charge is 2.21. The number of likely N-dealkylation sites (tertiary alicyclic amines) is 1. The molecule has 1 heterocycles. The van der Waals surface area contributed by atoms with Gasteiger partial charge < -0.3 is 15.5 Å². The Hall–Kier alpha value is -1.10. The van der Waals surface area contributed by atoms with Crippen molar-refractivity contribution >= 4 is 23.2 Å². The summed E-state index contributed by atoms with van der Waals surface area (Å²) in [5, 5.41) is 7.04. The lowest BCUT2D eigenvalue weighted by Crippen LogP contribution is -2.48. The molecule has 0 saturated carbocycles. The van der Waals surface area contributed by atoms with Crippen molar-refractivity contribution in [2.75, 3.05) is 25.5 Å². The third kappa shape index (κ3) is 4.43. The Kier molecular flexibility index (Phi) is 5.62. The SMILES string of the molecule is Cc1c(Cl)cccc1NC(=O)C(C)NC1CCN(C)CC1. The number of anilines is 1. The minimum Gasteiger partial charge on any atom is -0.324 e. The second kappa shape index (κ2) is 7.25. The summed E-state index contributed by atoms with van der Waals surface area (Å²) in [5.74, 6) is -0.0145. The van der Waals surface area contributed by atoms with Crippen LogP contribution >= 0.6 is 11.6 Å². The third-order valence-electron chi connectivity index (χ3n) is 4.12. The molecule has 0 spiro atoms. The van der Waals surface area contributed by atoms with E-state index in [0.29, 0.717) is 11.1 Å². The van der Waals surface area contributed by atoms with E-state index < -0.39 is 0 Å². The van der Waals surface area contributed by atoms with Crippen LogP contribution in [-0.2, 0) is 4.79 Å². The van der Waals surface area contributed by atoms with E-state index in [-0.39, 0.29) is 11.9 Å². The molecule has 116 valence electrons. The summed E-state index contributed by atoms with van der Waals surface area (Å²) in [6.07, 6.45) is 2.18. The van der Waals surface area contributed by atoms with E-state index in [9.17, 15) is 4.79 Å². The van der Waals surface area contributed by atoms with Gasteiger partial charge in [-0.3, -0.25) is 4.79 Å². The second-order valence-corrected chi connectivity index (χ2v) is 6.27. The van der Waals surface area contributed by atoms with Gasteiger partial charge in [-0.25, -0.2) is 0 Å². The highest BCUT2D eigenvalue weighted by Crippen LogP contribution is 2.23. The van der Waals surface area contributed by atoms with Crippen LogP contribution in [0.2, 0.25) is 5.02 Å². The maximum atomic E-state index is 12.3. The molecule has 5 heteroatoms. The Balaban J connectivity index is 1.89. The van der Waals surface area contributed by atoms with Crippen molar-refractivity contribution in [2.45, 2.75) is 38.8 Å². The molecule has 1 atom stereocenters. The Bertz CT molecular complexity index is 498. The van der Waals surface area contributed by atoms with Gasteiger partial charge in [0.2, 0.25) is 5.91 Å². The first-order valence-electron chi connectivity index (χ1n) is 7.48. The van der Waals surface area contributed by atoms with Crippen molar-refractivity contribution in [1.82, 2.24) is 10.2 Å². The van der Waals surface area contributed by atoms with Gasteiger partial charge in [-0.15, -0.1) is 0 Å². The number of hydrogen-bond donors (Lipinski definition) is 2. The smallest absolute Gasteiger partial charge is 0.241 e.